The molecule has 2 unspecified atom stereocenters. The van der Waals surface area contributed by atoms with Crippen molar-refractivity contribution in [2.75, 3.05) is 0 Å². The molecule has 2 atom stereocenters. The lowest BCUT2D eigenvalue weighted by Gasteiger charge is -2.33. The van der Waals surface area contributed by atoms with Gasteiger partial charge in [-0.05, 0) is 43.5 Å². The second kappa shape index (κ2) is 6.61. The lowest BCUT2D eigenvalue weighted by molar-refractivity contribution is -0.144. The first-order valence-electron chi connectivity index (χ1n) is 7.42. The Hall–Kier alpha value is -2.03. The Balaban J connectivity index is 2.11. The number of carbonyl (C=O) groups is 1. The maximum Gasteiger partial charge on any atom is 0.314 e. The maximum atomic E-state index is 11.4. The minimum Gasteiger partial charge on any atom is -0.482 e. The van der Waals surface area contributed by atoms with Crippen molar-refractivity contribution in [3.05, 3.63) is 54.1 Å². The van der Waals surface area contributed by atoms with Crippen LogP contribution in [0.15, 0.2) is 48.6 Å². The molecule has 1 aliphatic rings. The van der Waals surface area contributed by atoms with Gasteiger partial charge in [-0.15, -0.1) is 0 Å². The van der Waals surface area contributed by atoms with Gasteiger partial charge in [0.1, 0.15) is 17.3 Å². The molecule has 2 rings (SSSR count). The number of allylic oxidation sites excluding steroid dienone is 2. The van der Waals surface area contributed by atoms with E-state index in [2.05, 4.69) is 6.92 Å². The van der Waals surface area contributed by atoms with E-state index in [0.29, 0.717) is 5.75 Å². The first-order chi connectivity index (χ1) is 10.0. The molecule has 1 aliphatic carbocycles. The van der Waals surface area contributed by atoms with Gasteiger partial charge < -0.3 is 9.84 Å². The van der Waals surface area contributed by atoms with E-state index in [-0.39, 0.29) is 0 Å². The van der Waals surface area contributed by atoms with Crippen LogP contribution in [-0.4, -0.2) is 16.7 Å². The number of aliphatic carboxylic acids is 1. The van der Waals surface area contributed by atoms with Gasteiger partial charge in [0.25, 0.3) is 0 Å². The molecule has 0 saturated heterocycles. The Kier molecular flexibility index (Phi) is 4.84. The Bertz CT molecular complexity index is 542. The van der Waals surface area contributed by atoms with Gasteiger partial charge in [0.2, 0.25) is 0 Å². The van der Waals surface area contributed by atoms with Gasteiger partial charge in [0.05, 0.1) is 0 Å². The summed E-state index contributed by atoms with van der Waals surface area (Å²) in [4.78, 5) is 11.4. The van der Waals surface area contributed by atoms with Crippen LogP contribution >= 0.6 is 0 Å². The fourth-order valence-electron chi connectivity index (χ4n) is 2.50. The average Bonchev–Trinajstić information content (AvgIpc) is 2.46. The summed E-state index contributed by atoms with van der Waals surface area (Å²) in [5.41, 5.74) is 0.425. The lowest BCUT2D eigenvalue weighted by Crippen LogP contribution is -2.43. The summed E-state index contributed by atoms with van der Waals surface area (Å²) < 4.78 is 5.96. The molecule has 0 radical (unpaired) electrons. The van der Waals surface area contributed by atoms with E-state index in [0.717, 1.165) is 6.42 Å². The zero-order valence-electron chi connectivity index (χ0n) is 12.6. The Labute approximate surface area is 125 Å². The number of rotatable bonds is 6. The number of carboxylic acids is 1. The normalized spacial score (nSPS) is 24.0. The number of ether oxygens (including phenoxy) is 1. The fourth-order valence-corrected chi connectivity index (χ4v) is 2.50. The van der Waals surface area contributed by atoms with Gasteiger partial charge in [0, 0.05) is 0 Å². The number of carboxylic acid groups (broad SMARTS) is 1. The van der Waals surface area contributed by atoms with E-state index < -0.39 is 17.5 Å². The monoisotopic (exact) mass is 286 g/mol. The minimum atomic E-state index is -0.877. The summed E-state index contributed by atoms with van der Waals surface area (Å²) in [6.07, 6.45) is 10.5. The molecule has 0 saturated carbocycles. The predicted octanol–water partition coefficient (Wildman–Crippen LogP) is 3.99. The van der Waals surface area contributed by atoms with Crippen molar-refractivity contribution in [2.24, 2.45) is 5.92 Å². The van der Waals surface area contributed by atoms with Crippen LogP contribution < -0.4 is 4.74 Å². The highest BCUT2D eigenvalue weighted by molar-refractivity contribution is 5.75. The van der Waals surface area contributed by atoms with Gasteiger partial charge in [-0.1, -0.05) is 43.7 Å². The molecule has 3 heteroatoms. The molecule has 1 N–H and O–H groups in total. The minimum absolute atomic E-state index is 0.678. The number of aryl methyl sites for hydroxylation is 1. The van der Waals surface area contributed by atoms with E-state index in [1.54, 1.807) is 25.2 Å². The van der Waals surface area contributed by atoms with Crippen molar-refractivity contribution in [1.29, 1.82) is 0 Å². The van der Waals surface area contributed by atoms with Crippen molar-refractivity contribution in [3.8, 4) is 5.75 Å². The van der Waals surface area contributed by atoms with Crippen molar-refractivity contribution >= 4 is 5.97 Å². The number of unbranched alkanes of at least 4 members (excludes halogenated alkanes) is 1. The van der Waals surface area contributed by atoms with Gasteiger partial charge in [0.15, 0.2) is 0 Å². The highest BCUT2D eigenvalue weighted by Gasteiger charge is 2.38. The summed E-state index contributed by atoms with van der Waals surface area (Å²) in [6, 6.07) is 7.93. The third-order valence-corrected chi connectivity index (χ3v) is 3.81. The van der Waals surface area contributed by atoms with Crippen LogP contribution in [0, 0.1) is 5.92 Å². The molecule has 112 valence electrons. The molecular formula is C18H22O3. The van der Waals surface area contributed by atoms with Gasteiger partial charge >= 0.3 is 5.97 Å². The van der Waals surface area contributed by atoms with Crippen molar-refractivity contribution < 1.29 is 14.6 Å². The Morgan fingerprint density at radius 3 is 2.62 bits per heavy atom. The molecule has 0 amide bonds. The summed E-state index contributed by atoms with van der Waals surface area (Å²) in [7, 11) is 0. The van der Waals surface area contributed by atoms with E-state index in [1.807, 2.05) is 30.3 Å². The first-order valence-corrected chi connectivity index (χ1v) is 7.42. The Morgan fingerprint density at radius 2 is 2.00 bits per heavy atom. The van der Waals surface area contributed by atoms with Gasteiger partial charge in [-0.3, -0.25) is 4.79 Å². The largest absolute Gasteiger partial charge is 0.482 e. The van der Waals surface area contributed by atoms with Crippen LogP contribution in [0.2, 0.25) is 0 Å². The van der Waals surface area contributed by atoms with Crippen LogP contribution in [0.25, 0.3) is 0 Å². The number of hydrogen-bond donors (Lipinski definition) is 1. The van der Waals surface area contributed by atoms with Gasteiger partial charge in [-0.25, -0.2) is 0 Å². The molecule has 1 aromatic carbocycles. The predicted molar refractivity (Wildman–Crippen MR) is 83.5 cm³/mol. The summed E-state index contributed by atoms with van der Waals surface area (Å²) in [6.45, 7) is 3.98. The molecule has 3 nitrogen and oxygen atoms in total. The quantitative estimate of drug-likeness (QED) is 0.860. The molecule has 0 heterocycles. The molecule has 0 aliphatic heterocycles. The highest BCUT2D eigenvalue weighted by Crippen LogP contribution is 2.30. The summed E-state index contributed by atoms with van der Waals surface area (Å²) in [5, 5.41) is 9.33. The van der Waals surface area contributed by atoms with Crippen LogP contribution in [0.3, 0.4) is 0 Å². The third-order valence-electron chi connectivity index (χ3n) is 3.81. The topological polar surface area (TPSA) is 46.5 Å². The van der Waals surface area contributed by atoms with Crippen molar-refractivity contribution in [2.45, 2.75) is 38.7 Å². The highest BCUT2D eigenvalue weighted by atomic mass is 16.5. The molecule has 0 spiro atoms. The van der Waals surface area contributed by atoms with Gasteiger partial charge in [-0.2, -0.15) is 0 Å². The van der Waals surface area contributed by atoms with Crippen molar-refractivity contribution in [1.82, 2.24) is 0 Å². The first kappa shape index (κ1) is 15.4. The van der Waals surface area contributed by atoms with Crippen LogP contribution in [0.5, 0.6) is 5.75 Å². The van der Waals surface area contributed by atoms with E-state index in [4.69, 9.17) is 4.74 Å². The van der Waals surface area contributed by atoms with Crippen LogP contribution in [0.1, 0.15) is 32.3 Å². The molecule has 21 heavy (non-hydrogen) atoms. The van der Waals surface area contributed by atoms with Crippen LogP contribution in [0.4, 0.5) is 0 Å². The molecular weight excluding hydrogens is 264 g/mol. The average molecular weight is 286 g/mol. The second-order valence-electron chi connectivity index (χ2n) is 5.59. The molecule has 0 aromatic heterocycles. The summed E-state index contributed by atoms with van der Waals surface area (Å²) >= 11 is 0. The number of benzene rings is 1. The molecule has 0 bridgehead atoms. The zero-order chi connectivity index (χ0) is 15.3. The Morgan fingerprint density at radius 1 is 1.29 bits per heavy atom. The SMILES string of the molecule is CCCCc1ccc(OC2(C)C=CC=CC2C(=O)O)cc1. The molecule has 1 aromatic rings. The zero-order valence-corrected chi connectivity index (χ0v) is 12.6. The fraction of sp³-hybridized carbons (Fsp3) is 0.389. The van der Waals surface area contributed by atoms with E-state index in [9.17, 15) is 9.90 Å². The van der Waals surface area contributed by atoms with E-state index in [1.165, 1.54) is 18.4 Å². The third kappa shape index (κ3) is 3.75. The summed E-state index contributed by atoms with van der Waals surface area (Å²) in [5.74, 6) is -0.858. The second-order valence-corrected chi connectivity index (χ2v) is 5.59. The standard InChI is InChI=1S/C18H22O3/c1-3-4-7-14-9-11-15(12-10-14)21-18(2)13-6-5-8-16(18)17(19)20/h5-6,8-13,16H,3-4,7H2,1-2H3,(H,19,20). The van der Waals surface area contributed by atoms with Crippen molar-refractivity contribution in [3.63, 3.8) is 0 Å². The number of hydrogen-bond acceptors (Lipinski definition) is 2. The van der Waals surface area contributed by atoms with Crippen LogP contribution in [-0.2, 0) is 11.2 Å². The van der Waals surface area contributed by atoms with E-state index >= 15 is 0 Å². The molecule has 0 fully saturated rings. The lowest BCUT2D eigenvalue weighted by atomic mass is 9.85. The maximum absolute atomic E-state index is 11.4. The smallest absolute Gasteiger partial charge is 0.314 e.